The number of amides is 3. The van der Waals surface area contributed by atoms with Gasteiger partial charge in [-0.25, -0.2) is 22.9 Å². The standard InChI is InChI=1S/C29H27F3N6O3/c30-19-9-18-14-36(28(40)37-7-8-41-17-29(31,32)16-37)6-5-35-15-23(21(10-19)27(18)35)20-11-26(39)34-12-22(20)24-13-33-25-3-1-2-4-38(24)25/h1-4,9-10,13,15H,5-8,11-12,14,16-17H2,(H,34,39). The molecule has 212 valence electrons. The highest BCUT2D eigenvalue weighted by molar-refractivity contribution is 6.08. The molecule has 0 unspecified atom stereocenters. The summed E-state index contributed by atoms with van der Waals surface area (Å²) in [6, 6.07) is 8.03. The van der Waals surface area contributed by atoms with E-state index in [4.69, 9.17) is 4.74 Å². The van der Waals surface area contributed by atoms with Crippen molar-refractivity contribution < 1.29 is 27.5 Å². The lowest BCUT2D eigenvalue weighted by Gasteiger charge is -2.30. The first kappa shape index (κ1) is 25.6. The largest absolute Gasteiger partial charge is 0.373 e. The summed E-state index contributed by atoms with van der Waals surface area (Å²) in [5.41, 5.74) is 5.39. The second-order valence-electron chi connectivity index (χ2n) is 10.7. The second-order valence-corrected chi connectivity index (χ2v) is 10.7. The van der Waals surface area contributed by atoms with Crippen LogP contribution in [0.25, 0.3) is 27.7 Å². The fraction of sp³-hybridized carbons (Fsp3) is 0.345. The van der Waals surface area contributed by atoms with Gasteiger partial charge >= 0.3 is 6.03 Å². The summed E-state index contributed by atoms with van der Waals surface area (Å²) in [6.45, 7) is -0.354. The highest BCUT2D eigenvalue weighted by Crippen LogP contribution is 2.39. The maximum atomic E-state index is 15.1. The predicted molar refractivity (Wildman–Crippen MR) is 145 cm³/mol. The zero-order valence-electron chi connectivity index (χ0n) is 22.1. The molecule has 0 aliphatic carbocycles. The third-order valence-corrected chi connectivity index (χ3v) is 7.99. The van der Waals surface area contributed by atoms with Gasteiger partial charge in [0.2, 0.25) is 5.91 Å². The Morgan fingerprint density at radius 1 is 1.10 bits per heavy atom. The third-order valence-electron chi connectivity index (χ3n) is 7.99. The van der Waals surface area contributed by atoms with Gasteiger partial charge in [0.1, 0.15) is 18.1 Å². The number of rotatable bonds is 2. The van der Waals surface area contributed by atoms with E-state index < -0.39 is 30.9 Å². The number of carbonyl (C=O) groups is 2. The molecule has 1 fully saturated rings. The number of aromatic nitrogens is 3. The van der Waals surface area contributed by atoms with Crippen molar-refractivity contribution in [1.29, 1.82) is 0 Å². The lowest BCUT2D eigenvalue weighted by molar-refractivity contribution is -0.120. The second kappa shape index (κ2) is 9.65. The lowest BCUT2D eigenvalue weighted by Crippen LogP contribution is -2.48. The Labute approximate surface area is 232 Å². The van der Waals surface area contributed by atoms with Gasteiger partial charge in [-0.15, -0.1) is 0 Å². The smallest absolute Gasteiger partial charge is 0.320 e. The molecular formula is C29H27F3N6O3. The van der Waals surface area contributed by atoms with E-state index in [2.05, 4.69) is 10.3 Å². The number of benzene rings is 1. The first-order valence-corrected chi connectivity index (χ1v) is 13.5. The molecule has 0 spiro atoms. The fourth-order valence-electron chi connectivity index (χ4n) is 6.15. The summed E-state index contributed by atoms with van der Waals surface area (Å²) in [5, 5.41) is 3.57. The van der Waals surface area contributed by atoms with Crippen LogP contribution in [0.4, 0.5) is 18.0 Å². The number of halogens is 3. The number of urea groups is 1. The Morgan fingerprint density at radius 2 is 1.98 bits per heavy atom. The zero-order chi connectivity index (χ0) is 28.3. The molecule has 3 amide bonds. The Bertz CT molecular complexity index is 1740. The van der Waals surface area contributed by atoms with Crippen LogP contribution in [0.3, 0.4) is 0 Å². The molecule has 3 aliphatic heterocycles. The van der Waals surface area contributed by atoms with Crippen molar-refractivity contribution in [2.45, 2.75) is 25.4 Å². The van der Waals surface area contributed by atoms with Crippen LogP contribution in [-0.4, -0.2) is 81.0 Å². The minimum Gasteiger partial charge on any atom is -0.373 e. The maximum Gasteiger partial charge on any atom is 0.320 e. The fourth-order valence-corrected chi connectivity index (χ4v) is 6.15. The maximum absolute atomic E-state index is 15.1. The van der Waals surface area contributed by atoms with Gasteiger partial charge in [-0.2, -0.15) is 0 Å². The van der Waals surface area contributed by atoms with Crippen LogP contribution in [0.1, 0.15) is 23.2 Å². The first-order valence-electron chi connectivity index (χ1n) is 13.5. The molecule has 0 radical (unpaired) electrons. The summed E-state index contributed by atoms with van der Waals surface area (Å²) < 4.78 is 52.4. The van der Waals surface area contributed by atoms with Crippen molar-refractivity contribution in [3.8, 4) is 0 Å². The van der Waals surface area contributed by atoms with Crippen LogP contribution >= 0.6 is 0 Å². The summed E-state index contributed by atoms with van der Waals surface area (Å²) >= 11 is 0. The Hall–Kier alpha value is -4.32. The van der Waals surface area contributed by atoms with E-state index in [9.17, 15) is 18.4 Å². The molecule has 1 aromatic carbocycles. The molecule has 7 rings (SSSR count). The van der Waals surface area contributed by atoms with Crippen LogP contribution < -0.4 is 5.32 Å². The van der Waals surface area contributed by atoms with Crippen LogP contribution in [-0.2, 0) is 22.6 Å². The van der Waals surface area contributed by atoms with Gasteiger partial charge in [-0.3, -0.25) is 9.20 Å². The highest BCUT2D eigenvalue weighted by atomic mass is 19.3. The number of nitrogens with one attached hydrogen (secondary N) is 1. The van der Waals surface area contributed by atoms with E-state index in [-0.39, 0.29) is 38.6 Å². The van der Waals surface area contributed by atoms with Gasteiger partial charge in [-0.1, -0.05) is 6.07 Å². The number of pyridine rings is 1. The van der Waals surface area contributed by atoms with Crippen molar-refractivity contribution in [2.75, 3.05) is 39.4 Å². The molecule has 9 nitrogen and oxygen atoms in total. The van der Waals surface area contributed by atoms with Crippen molar-refractivity contribution >= 4 is 39.6 Å². The van der Waals surface area contributed by atoms with Crippen molar-refractivity contribution in [3.63, 3.8) is 0 Å². The molecule has 12 heteroatoms. The molecule has 3 aromatic heterocycles. The van der Waals surface area contributed by atoms with Gasteiger partial charge in [0, 0.05) is 61.6 Å². The van der Waals surface area contributed by atoms with Gasteiger partial charge < -0.3 is 24.4 Å². The normalized spacial score (nSPS) is 19.4. The van der Waals surface area contributed by atoms with E-state index >= 15 is 4.39 Å². The predicted octanol–water partition coefficient (Wildman–Crippen LogP) is 3.76. The first-order chi connectivity index (χ1) is 19.8. The number of nitrogens with zero attached hydrogens (tertiary/aromatic N) is 5. The van der Waals surface area contributed by atoms with Crippen LogP contribution in [0.2, 0.25) is 0 Å². The molecule has 0 bridgehead atoms. The zero-order valence-corrected chi connectivity index (χ0v) is 22.1. The van der Waals surface area contributed by atoms with Crippen molar-refractivity contribution in [2.24, 2.45) is 0 Å². The number of hydrogen-bond acceptors (Lipinski definition) is 4. The molecule has 1 saturated heterocycles. The van der Waals surface area contributed by atoms with Crippen LogP contribution in [0, 0.1) is 5.82 Å². The summed E-state index contributed by atoms with van der Waals surface area (Å²) in [6.07, 6.45) is 5.72. The number of carbonyl (C=O) groups excluding carboxylic acids is 2. The number of imidazole rings is 1. The minimum atomic E-state index is -3.14. The third kappa shape index (κ3) is 4.51. The summed E-state index contributed by atoms with van der Waals surface area (Å²) in [4.78, 5) is 33.1. The molecule has 41 heavy (non-hydrogen) atoms. The lowest BCUT2D eigenvalue weighted by atomic mass is 9.91. The SMILES string of the molecule is O=C1CC(c2cn3c4c(cc(F)cc24)CN(C(=O)N2CCOCC(F)(F)C2)CC3)=C(c2cnc3ccccn23)CN1. The van der Waals surface area contributed by atoms with E-state index in [1.54, 1.807) is 6.20 Å². The van der Waals surface area contributed by atoms with Crippen LogP contribution in [0.15, 0.2) is 48.9 Å². The minimum absolute atomic E-state index is 0.0280. The average molecular weight is 565 g/mol. The Balaban J connectivity index is 1.31. The molecule has 1 N–H and O–H groups in total. The molecule has 6 heterocycles. The molecular weight excluding hydrogens is 537 g/mol. The van der Waals surface area contributed by atoms with E-state index in [1.807, 2.05) is 39.6 Å². The Morgan fingerprint density at radius 3 is 2.85 bits per heavy atom. The van der Waals surface area contributed by atoms with Crippen molar-refractivity contribution in [1.82, 2.24) is 29.1 Å². The number of alkyl halides is 2. The van der Waals surface area contributed by atoms with Crippen molar-refractivity contribution in [3.05, 3.63) is 71.6 Å². The Kier molecular flexibility index (Phi) is 6.03. The van der Waals surface area contributed by atoms with Gasteiger partial charge in [-0.05, 0) is 35.4 Å². The molecule has 0 atom stereocenters. The number of fused-ring (bicyclic) bond motifs is 1. The highest BCUT2D eigenvalue weighted by Gasteiger charge is 2.38. The quantitative estimate of drug-likeness (QED) is 0.402. The summed E-state index contributed by atoms with van der Waals surface area (Å²) in [7, 11) is 0. The summed E-state index contributed by atoms with van der Waals surface area (Å²) in [5.74, 6) is -3.74. The topological polar surface area (TPSA) is 84.1 Å². The average Bonchev–Trinajstić information content (AvgIpc) is 3.41. The molecule has 4 aromatic rings. The number of hydrogen-bond donors (Lipinski definition) is 1. The molecule has 3 aliphatic rings. The van der Waals surface area contributed by atoms with Gasteiger partial charge in [0.25, 0.3) is 5.92 Å². The van der Waals surface area contributed by atoms with Gasteiger partial charge in [0.05, 0.1) is 37.0 Å². The monoisotopic (exact) mass is 564 g/mol. The van der Waals surface area contributed by atoms with Gasteiger partial charge in [0.15, 0.2) is 0 Å². The van der Waals surface area contributed by atoms with Crippen LogP contribution in [0.5, 0.6) is 0 Å². The van der Waals surface area contributed by atoms with E-state index in [1.165, 1.54) is 17.0 Å². The number of ether oxygens (including phenoxy) is 1. The van der Waals surface area contributed by atoms with E-state index in [0.29, 0.717) is 24.0 Å². The van der Waals surface area contributed by atoms with E-state index in [0.717, 1.165) is 38.5 Å². The molecule has 0 saturated carbocycles.